The van der Waals surface area contributed by atoms with Gasteiger partial charge in [-0.25, -0.2) is 0 Å². The lowest BCUT2D eigenvalue weighted by molar-refractivity contribution is -0.143. The molecule has 6 nitrogen and oxygen atoms in total. The highest BCUT2D eigenvalue weighted by molar-refractivity contribution is 6.30. The molecule has 0 heterocycles. The minimum Gasteiger partial charge on any atom is -0.493 e. The van der Waals surface area contributed by atoms with E-state index in [1.54, 1.807) is 36.3 Å². The molecule has 0 saturated carbocycles. The Morgan fingerprint density at radius 2 is 1.68 bits per heavy atom. The van der Waals surface area contributed by atoms with E-state index in [-0.39, 0.29) is 31.0 Å². The summed E-state index contributed by atoms with van der Waals surface area (Å²) in [6.45, 7) is 5.91. The van der Waals surface area contributed by atoms with E-state index >= 15 is 0 Å². The van der Waals surface area contributed by atoms with Gasteiger partial charge in [0.05, 0.1) is 7.11 Å². The summed E-state index contributed by atoms with van der Waals surface area (Å²) in [6.07, 6.45) is 1.29. The number of halogens is 1. The predicted molar refractivity (Wildman–Crippen MR) is 122 cm³/mol. The molecule has 2 unspecified atom stereocenters. The van der Waals surface area contributed by atoms with E-state index in [0.717, 1.165) is 12.0 Å². The third-order valence-corrected chi connectivity index (χ3v) is 5.33. The van der Waals surface area contributed by atoms with E-state index in [1.807, 2.05) is 45.0 Å². The van der Waals surface area contributed by atoms with E-state index < -0.39 is 6.04 Å². The summed E-state index contributed by atoms with van der Waals surface area (Å²) in [7, 11) is 1.54. The number of nitrogens with one attached hydrogen (secondary N) is 1. The normalized spacial score (nSPS) is 12.5. The van der Waals surface area contributed by atoms with Crippen LogP contribution in [0.4, 0.5) is 0 Å². The number of amides is 2. The Morgan fingerprint density at radius 1 is 1.03 bits per heavy atom. The number of hydrogen-bond donors (Lipinski definition) is 1. The van der Waals surface area contributed by atoms with Crippen LogP contribution in [0.15, 0.2) is 48.5 Å². The SMILES string of the molecule is CCC(C)NC(=O)C(CC)N(Cc1ccc(Cl)cc1)C(=O)COc1ccccc1OC. The van der Waals surface area contributed by atoms with Crippen LogP contribution in [-0.4, -0.2) is 42.5 Å². The highest BCUT2D eigenvalue weighted by Crippen LogP contribution is 2.26. The molecule has 7 heteroatoms. The largest absolute Gasteiger partial charge is 0.493 e. The lowest BCUT2D eigenvalue weighted by atomic mass is 10.1. The van der Waals surface area contributed by atoms with E-state index in [0.29, 0.717) is 22.9 Å². The van der Waals surface area contributed by atoms with Crippen LogP contribution in [0.2, 0.25) is 5.02 Å². The Hall–Kier alpha value is -2.73. The molecule has 2 rings (SSSR count). The first-order chi connectivity index (χ1) is 14.9. The molecule has 0 bridgehead atoms. The zero-order chi connectivity index (χ0) is 22.8. The number of benzene rings is 2. The Bertz CT molecular complexity index is 857. The van der Waals surface area contributed by atoms with Crippen molar-refractivity contribution in [2.75, 3.05) is 13.7 Å². The van der Waals surface area contributed by atoms with Crippen LogP contribution in [0.3, 0.4) is 0 Å². The molecule has 0 aliphatic heterocycles. The molecule has 0 fully saturated rings. The minimum atomic E-state index is -0.613. The summed E-state index contributed by atoms with van der Waals surface area (Å²) >= 11 is 5.99. The number of hydrogen-bond acceptors (Lipinski definition) is 4. The second-order valence-corrected chi connectivity index (χ2v) is 7.77. The van der Waals surface area contributed by atoms with Gasteiger partial charge in [0.15, 0.2) is 18.1 Å². The molecule has 0 aliphatic rings. The predicted octanol–water partition coefficient (Wildman–Crippen LogP) is 4.45. The Balaban J connectivity index is 2.23. The molecule has 168 valence electrons. The molecule has 0 radical (unpaired) electrons. The van der Waals surface area contributed by atoms with Gasteiger partial charge in [-0.1, -0.05) is 49.7 Å². The van der Waals surface area contributed by atoms with E-state index in [1.165, 1.54) is 0 Å². The van der Waals surface area contributed by atoms with Crippen LogP contribution in [0, 0.1) is 0 Å². The third-order valence-electron chi connectivity index (χ3n) is 5.07. The fourth-order valence-electron chi connectivity index (χ4n) is 3.11. The van der Waals surface area contributed by atoms with Gasteiger partial charge in [0.1, 0.15) is 6.04 Å². The molecule has 0 aliphatic carbocycles. The van der Waals surface area contributed by atoms with Gasteiger partial charge in [-0.15, -0.1) is 0 Å². The van der Waals surface area contributed by atoms with Crippen LogP contribution in [0.5, 0.6) is 11.5 Å². The van der Waals surface area contributed by atoms with Gasteiger partial charge in [-0.05, 0) is 49.6 Å². The standard InChI is InChI=1S/C24H31ClN2O4/c1-5-17(3)26-24(29)20(6-2)27(15-18-11-13-19(25)14-12-18)23(28)16-31-22-10-8-7-9-21(22)30-4/h7-14,17,20H,5-6,15-16H2,1-4H3,(H,26,29). The monoisotopic (exact) mass is 446 g/mol. The van der Waals surface area contributed by atoms with Crippen molar-refractivity contribution in [3.63, 3.8) is 0 Å². The van der Waals surface area contributed by atoms with Crippen molar-refractivity contribution in [2.45, 2.75) is 52.2 Å². The lowest BCUT2D eigenvalue weighted by Gasteiger charge is -2.31. The zero-order valence-corrected chi connectivity index (χ0v) is 19.3. The maximum Gasteiger partial charge on any atom is 0.261 e. The molecule has 2 aromatic rings. The summed E-state index contributed by atoms with van der Waals surface area (Å²) in [6, 6.07) is 13.8. The molecule has 2 amide bonds. The average Bonchev–Trinajstić information content (AvgIpc) is 2.78. The van der Waals surface area contributed by atoms with Gasteiger partial charge in [-0.2, -0.15) is 0 Å². The van der Waals surface area contributed by atoms with Crippen LogP contribution in [-0.2, 0) is 16.1 Å². The van der Waals surface area contributed by atoms with Gasteiger partial charge < -0.3 is 19.7 Å². The highest BCUT2D eigenvalue weighted by atomic mass is 35.5. The summed E-state index contributed by atoms with van der Waals surface area (Å²) in [5, 5.41) is 3.60. The first kappa shape index (κ1) is 24.5. The van der Waals surface area contributed by atoms with Gasteiger partial charge >= 0.3 is 0 Å². The molecule has 0 saturated heterocycles. The second kappa shape index (κ2) is 12.2. The molecular formula is C24H31ClN2O4. The van der Waals surface area contributed by atoms with Crippen molar-refractivity contribution in [3.05, 3.63) is 59.1 Å². The molecule has 31 heavy (non-hydrogen) atoms. The molecule has 0 aromatic heterocycles. The first-order valence-corrected chi connectivity index (χ1v) is 10.9. The van der Waals surface area contributed by atoms with Gasteiger partial charge in [0.25, 0.3) is 5.91 Å². The van der Waals surface area contributed by atoms with Crippen LogP contribution < -0.4 is 14.8 Å². The number of methoxy groups -OCH3 is 1. The van der Waals surface area contributed by atoms with E-state index in [4.69, 9.17) is 21.1 Å². The number of para-hydroxylation sites is 2. The molecular weight excluding hydrogens is 416 g/mol. The number of carbonyl (C=O) groups excluding carboxylic acids is 2. The fourth-order valence-corrected chi connectivity index (χ4v) is 3.23. The number of ether oxygens (including phenoxy) is 2. The van der Waals surface area contributed by atoms with E-state index in [9.17, 15) is 9.59 Å². The highest BCUT2D eigenvalue weighted by Gasteiger charge is 2.29. The quantitative estimate of drug-likeness (QED) is 0.553. The summed E-state index contributed by atoms with van der Waals surface area (Å²) in [5.74, 6) is 0.562. The topological polar surface area (TPSA) is 67.9 Å². The van der Waals surface area contributed by atoms with Crippen molar-refractivity contribution in [1.82, 2.24) is 10.2 Å². The maximum atomic E-state index is 13.2. The first-order valence-electron chi connectivity index (χ1n) is 10.5. The molecule has 2 atom stereocenters. The van der Waals surface area contributed by atoms with Gasteiger partial charge in [-0.3, -0.25) is 9.59 Å². The number of rotatable bonds is 11. The van der Waals surface area contributed by atoms with Crippen molar-refractivity contribution in [3.8, 4) is 11.5 Å². The Labute approximate surface area is 189 Å². The third kappa shape index (κ3) is 7.17. The van der Waals surface area contributed by atoms with Crippen molar-refractivity contribution in [2.24, 2.45) is 0 Å². The van der Waals surface area contributed by atoms with Crippen LogP contribution in [0.25, 0.3) is 0 Å². The summed E-state index contributed by atoms with van der Waals surface area (Å²) in [4.78, 5) is 27.7. The van der Waals surface area contributed by atoms with Crippen molar-refractivity contribution in [1.29, 1.82) is 0 Å². The second-order valence-electron chi connectivity index (χ2n) is 7.33. The molecule has 1 N–H and O–H groups in total. The number of carbonyl (C=O) groups is 2. The Morgan fingerprint density at radius 3 is 2.26 bits per heavy atom. The van der Waals surface area contributed by atoms with E-state index in [2.05, 4.69) is 5.32 Å². The smallest absolute Gasteiger partial charge is 0.261 e. The summed E-state index contributed by atoms with van der Waals surface area (Å²) in [5.41, 5.74) is 0.879. The Kier molecular flexibility index (Phi) is 9.66. The van der Waals surface area contributed by atoms with Gasteiger partial charge in [0.2, 0.25) is 5.91 Å². The lowest BCUT2D eigenvalue weighted by Crippen LogP contribution is -2.51. The minimum absolute atomic E-state index is 0.0267. The van der Waals surface area contributed by atoms with Gasteiger partial charge in [0, 0.05) is 17.6 Å². The number of nitrogens with zero attached hydrogens (tertiary/aromatic N) is 1. The average molecular weight is 447 g/mol. The zero-order valence-electron chi connectivity index (χ0n) is 18.6. The van der Waals surface area contributed by atoms with Crippen molar-refractivity contribution < 1.29 is 19.1 Å². The summed E-state index contributed by atoms with van der Waals surface area (Å²) < 4.78 is 11.0. The van der Waals surface area contributed by atoms with Crippen LogP contribution in [0.1, 0.15) is 39.2 Å². The molecule has 0 spiro atoms. The fraction of sp³-hybridized carbons (Fsp3) is 0.417. The maximum absolute atomic E-state index is 13.2. The van der Waals surface area contributed by atoms with Crippen molar-refractivity contribution >= 4 is 23.4 Å². The molecule has 2 aromatic carbocycles. The van der Waals surface area contributed by atoms with Crippen LogP contribution >= 0.6 is 11.6 Å².